The van der Waals surface area contributed by atoms with Crippen LogP contribution in [0.15, 0.2) is 60.7 Å². The highest BCUT2D eigenvalue weighted by Crippen LogP contribution is 2.55. The lowest BCUT2D eigenvalue weighted by molar-refractivity contribution is 0.452. The fraction of sp³-hybridized carbons (Fsp3) is 0.471. The monoisotopic (exact) mass is 578 g/mol. The molecule has 3 aromatic carbocycles. The van der Waals surface area contributed by atoms with E-state index in [-0.39, 0.29) is 15.8 Å². The van der Waals surface area contributed by atoms with E-state index in [0.717, 1.165) is 23.6 Å². The molecule has 0 bridgehead atoms. The maximum atomic E-state index is 7.02. The van der Waals surface area contributed by atoms with Crippen molar-refractivity contribution in [2.75, 3.05) is 0 Å². The standard InChI is InChI=1S/C34H48O2P2Si/c1-11-39(12-2)35-33-29(27-17-13-15-19-31(27)37(23(3)4)24(5)6)21-22-30(34(33)36-39)28-18-14-16-20-32(28)38(25(7)8)26(9)10/h13-26H,11-12H2,1-10H3. The summed E-state index contributed by atoms with van der Waals surface area (Å²) in [5, 5.41) is 2.96. The molecule has 0 aromatic heterocycles. The van der Waals surface area contributed by atoms with Gasteiger partial charge in [-0.3, -0.25) is 0 Å². The molecule has 3 aromatic rings. The molecule has 4 rings (SSSR count). The van der Waals surface area contributed by atoms with Crippen LogP contribution in [-0.2, 0) is 0 Å². The van der Waals surface area contributed by atoms with Crippen molar-refractivity contribution < 1.29 is 8.85 Å². The molecular formula is C34H48O2P2Si. The Bertz CT molecular complexity index is 1170. The van der Waals surface area contributed by atoms with Crippen LogP contribution < -0.4 is 19.5 Å². The number of benzene rings is 3. The van der Waals surface area contributed by atoms with Gasteiger partial charge in [0.2, 0.25) is 0 Å². The summed E-state index contributed by atoms with van der Waals surface area (Å²) in [6, 6.07) is 24.6. The average Bonchev–Trinajstić information content (AvgIpc) is 3.29. The van der Waals surface area contributed by atoms with Crippen molar-refractivity contribution in [1.29, 1.82) is 0 Å². The van der Waals surface area contributed by atoms with Crippen LogP contribution in [0.5, 0.6) is 11.5 Å². The Balaban J connectivity index is 1.98. The maximum absolute atomic E-state index is 7.02. The van der Waals surface area contributed by atoms with Gasteiger partial charge in [-0.1, -0.05) is 134 Å². The highest BCUT2D eigenvalue weighted by atomic mass is 31.1. The van der Waals surface area contributed by atoms with Gasteiger partial charge in [-0.05, 0) is 56.5 Å². The van der Waals surface area contributed by atoms with Crippen LogP contribution in [-0.4, -0.2) is 31.2 Å². The third-order valence-electron chi connectivity index (χ3n) is 7.94. The lowest BCUT2D eigenvalue weighted by atomic mass is 9.98. The van der Waals surface area contributed by atoms with E-state index in [2.05, 4.69) is 130 Å². The quantitative estimate of drug-likeness (QED) is 0.176. The van der Waals surface area contributed by atoms with E-state index in [1.54, 1.807) is 0 Å². The van der Waals surface area contributed by atoms with Crippen molar-refractivity contribution in [3.63, 3.8) is 0 Å². The highest BCUT2D eigenvalue weighted by Gasteiger charge is 2.46. The Morgan fingerprint density at radius 2 is 0.846 bits per heavy atom. The normalized spacial score (nSPS) is 14.6. The first-order valence-corrected chi connectivity index (χ1v) is 20.0. The molecule has 0 saturated heterocycles. The van der Waals surface area contributed by atoms with Crippen molar-refractivity contribution in [2.24, 2.45) is 0 Å². The zero-order valence-electron chi connectivity index (χ0n) is 25.7. The van der Waals surface area contributed by atoms with Crippen LogP contribution >= 0.6 is 15.8 Å². The molecule has 1 aliphatic rings. The smallest absolute Gasteiger partial charge is 0.460 e. The van der Waals surface area contributed by atoms with Gasteiger partial charge in [-0.15, -0.1) is 0 Å². The molecule has 0 N–H and O–H groups in total. The molecule has 0 fully saturated rings. The van der Waals surface area contributed by atoms with E-state index in [4.69, 9.17) is 8.85 Å². The number of rotatable bonds is 10. The van der Waals surface area contributed by atoms with Crippen molar-refractivity contribution in [1.82, 2.24) is 0 Å². The minimum Gasteiger partial charge on any atom is -0.508 e. The van der Waals surface area contributed by atoms with E-state index in [0.29, 0.717) is 22.6 Å². The van der Waals surface area contributed by atoms with Gasteiger partial charge in [-0.25, -0.2) is 0 Å². The lowest BCUT2D eigenvalue weighted by Gasteiger charge is -2.29. The zero-order chi connectivity index (χ0) is 28.5. The molecule has 0 amide bonds. The van der Waals surface area contributed by atoms with Crippen LogP contribution in [0, 0.1) is 0 Å². The van der Waals surface area contributed by atoms with Gasteiger partial charge in [0, 0.05) is 23.2 Å². The molecule has 0 atom stereocenters. The summed E-state index contributed by atoms with van der Waals surface area (Å²) in [7, 11) is -3.02. The second-order valence-corrected chi connectivity index (χ2v) is 22.2. The summed E-state index contributed by atoms with van der Waals surface area (Å²) in [6.45, 7) is 23.5. The molecule has 0 spiro atoms. The Morgan fingerprint density at radius 3 is 1.15 bits per heavy atom. The van der Waals surface area contributed by atoms with Crippen molar-refractivity contribution in [3.05, 3.63) is 60.7 Å². The van der Waals surface area contributed by atoms with Gasteiger partial charge in [0.1, 0.15) is 0 Å². The van der Waals surface area contributed by atoms with E-state index < -0.39 is 8.56 Å². The van der Waals surface area contributed by atoms with Gasteiger partial charge in [0.25, 0.3) is 0 Å². The molecule has 39 heavy (non-hydrogen) atoms. The van der Waals surface area contributed by atoms with E-state index in [1.165, 1.54) is 32.9 Å². The molecular weight excluding hydrogens is 530 g/mol. The Hall–Kier alpha value is -1.66. The van der Waals surface area contributed by atoms with E-state index in [1.807, 2.05) is 0 Å². The minimum atomic E-state index is -2.38. The zero-order valence-corrected chi connectivity index (χ0v) is 28.5. The van der Waals surface area contributed by atoms with E-state index in [9.17, 15) is 0 Å². The third kappa shape index (κ3) is 5.88. The first-order chi connectivity index (χ1) is 18.5. The van der Waals surface area contributed by atoms with Gasteiger partial charge >= 0.3 is 8.56 Å². The summed E-state index contributed by atoms with van der Waals surface area (Å²) in [6.07, 6.45) is 0. The summed E-state index contributed by atoms with van der Waals surface area (Å²) in [4.78, 5) is 0. The van der Waals surface area contributed by atoms with Crippen LogP contribution in [0.3, 0.4) is 0 Å². The van der Waals surface area contributed by atoms with Gasteiger partial charge in [0.15, 0.2) is 11.5 Å². The topological polar surface area (TPSA) is 18.5 Å². The maximum Gasteiger partial charge on any atom is 0.460 e. The van der Waals surface area contributed by atoms with Gasteiger partial charge < -0.3 is 8.85 Å². The summed E-state index contributed by atoms with van der Waals surface area (Å²) >= 11 is 0. The number of hydrogen-bond acceptors (Lipinski definition) is 2. The predicted octanol–water partition coefficient (Wildman–Crippen LogP) is 10.1. The molecule has 5 heteroatoms. The molecule has 210 valence electrons. The average molecular weight is 579 g/mol. The number of fused-ring (bicyclic) bond motifs is 1. The summed E-state index contributed by atoms with van der Waals surface area (Å²) < 4.78 is 14.0. The second-order valence-electron chi connectivity index (χ2n) is 11.9. The minimum absolute atomic E-state index is 0.318. The number of hydrogen-bond donors (Lipinski definition) is 0. The molecule has 2 nitrogen and oxygen atoms in total. The van der Waals surface area contributed by atoms with Crippen LogP contribution in [0.4, 0.5) is 0 Å². The molecule has 0 saturated carbocycles. The molecule has 0 unspecified atom stereocenters. The predicted molar refractivity (Wildman–Crippen MR) is 179 cm³/mol. The fourth-order valence-corrected chi connectivity index (χ4v) is 14.6. The molecule has 0 aliphatic carbocycles. The first kappa shape index (κ1) is 30.3. The third-order valence-corrected chi connectivity index (χ3v) is 17.6. The van der Waals surface area contributed by atoms with Gasteiger partial charge in [-0.2, -0.15) is 0 Å². The Labute approximate surface area is 241 Å². The van der Waals surface area contributed by atoms with Crippen LogP contribution in [0.2, 0.25) is 12.1 Å². The molecule has 1 heterocycles. The van der Waals surface area contributed by atoms with Gasteiger partial charge in [0.05, 0.1) is 0 Å². The van der Waals surface area contributed by atoms with Crippen molar-refractivity contribution in [3.8, 4) is 33.8 Å². The molecule has 1 aliphatic heterocycles. The fourth-order valence-electron chi connectivity index (χ4n) is 6.28. The summed E-state index contributed by atoms with van der Waals surface area (Å²) in [5.41, 5.74) is 7.48. The van der Waals surface area contributed by atoms with E-state index >= 15 is 0 Å². The largest absolute Gasteiger partial charge is 0.508 e. The second kappa shape index (κ2) is 12.5. The van der Waals surface area contributed by atoms with Crippen LogP contribution in [0.25, 0.3) is 22.3 Å². The SMILES string of the molecule is CC[Si]1(CC)Oc2c(-c3ccccc3P(C(C)C)C(C)C)ccc(-c3ccccc3P(C(C)C)C(C)C)c2O1. The van der Waals surface area contributed by atoms with Crippen LogP contribution in [0.1, 0.15) is 69.2 Å². The van der Waals surface area contributed by atoms with Crippen molar-refractivity contribution in [2.45, 2.75) is 104 Å². The Kier molecular flexibility index (Phi) is 9.68. The molecule has 0 radical (unpaired) electrons. The van der Waals surface area contributed by atoms with Crippen molar-refractivity contribution >= 4 is 35.0 Å². The Morgan fingerprint density at radius 1 is 0.513 bits per heavy atom. The highest BCUT2D eigenvalue weighted by molar-refractivity contribution is 7.67. The summed E-state index contributed by atoms with van der Waals surface area (Å²) in [5.74, 6) is 1.96. The lowest BCUT2D eigenvalue weighted by Crippen LogP contribution is -2.43. The first-order valence-electron chi connectivity index (χ1n) is 14.9.